The number of hydrogen-bond donors (Lipinski definition) is 3. The SMILES string of the molecule is Cc1cccc(NS(=O)(=O)c2cc(C(=O)NN)n(C)c2)c1. The molecule has 0 bridgehead atoms. The number of nitrogens with two attached hydrogens (primary N) is 1. The first kappa shape index (κ1) is 15.1. The van der Waals surface area contributed by atoms with E-state index in [2.05, 4.69) is 4.72 Å². The Labute approximate surface area is 122 Å². The lowest BCUT2D eigenvalue weighted by atomic mass is 10.2. The Morgan fingerprint density at radius 3 is 2.62 bits per heavy atom. The Bertz CT molecular complexity index is 780. The highest BCUT2D eigenvalue weighted by molar-refractivity contribution is 7.92. The van der Waals surface area contributed by atoms with Gasteiger partial charge in [-0.15, -0.1) is 0 Å². The molecule has 0 radical (unpaired) electrons. The molecule has 21 heavy (non-hydrogen) atoms. The van der Waals surface area contributed by atoms with Crippen LogP contribution < -0.4 is 16.0 Å². The molecule has 0 aliphatic heterocycles. The molecular weight excluding hydrogens is 292 g/mol. The van der Waals surface area contributed by atoms with Crippen molar-refractivity contribution in [1.29, 1.82) is 0 Å². The van der Waals surface area contributed by atoms with Crippen molar-refractivity contribution < 1.29 is 13.2 Å². The van der Waals surface area contributed by atoms with Crippen molar-refractivity contribution in [2.24, 2.45) is 12.9 Å². The fourth-order valence-electron chi connectivity index (χ4n) is 1.90. The molecule has 0 spiro atoms. The number of rotatable bonds is 4. The predicted octanol–water partition coefficient (Wildman–Crippen LogP) is 0.738. The molecule has 1 aromatic heterocycles. The van der Waals surface area contributed by atoms with Crippen LogP contribution in [-0.2, 0) is 17.1 Å². The van der Waals surface area contributed by atoms with E-state index in [9.17, 15) is 13.2 Å². The number of benzene rings is 1. The Kier molecular flexibility index (Phi) is 4.01. The number of amides is 1. The van der Waals surface area contributed by atoms with E-state index in [1.165, 1.54) is 16.8 Å². The van der Waals surface area contributed by atoms with Gasteiger partial charge in [-0.05, 0) is 30.7 Å². The van der Waals surface area contributed by atoms with E-state index >= 15 is 0 Å². The Morgan fingerprint density at radius 1 is 1.29 bits per heavy atom. The van der Waals surface area contributed by atoms with Gasteiger partial charge in [0.1, 0.15) is 10.6 Å². The minimum atomic E-state index is -3.77. The maximum Gasteiger partial charge on any atom is 0.281 e. The number of anilines is 1. The summed E-state index contributed by atoms with van der Waals surface area (Å²) in [6.07, 6.45) is 1.35. The highest BCUT2D eigenvalue weighted by Gasteiger charge is 2.20. The number of sulfonamides is 1. The number of nitrogen functional groups attached to an aromatic ring is 1. The minimum Gasteiger partial charge on any atom is -0.345 e. The molecule has 0 atom stereocenters. The van der Waals surface area contributed by atoms with Gasteiger partial charge in [0.15, 0.2) is 0 Å². The summed E-state index contributed by atoms with van der Waals surface area (Å²) < 4.78 is 28.5. The zero-order valence-corrected chi connectivity index (χ0v) is 12.4. The van der Waals surface area contributed by atoms with Gasteiger partial charge < -0.3 is 4.57 Å². The second-order valence-corrected chi connectivity index (χ2v) is 6.30. The van der Waals surface area contributed by atoms with Crippen LogP contribution in [0.5, 0.6) is 0 Å². The molecule has 0 fully saturated rings. The number of carbonyl (C=O) groups excluding carboxylic acids is 1. The smallest absolute Gasteiger partial charge is 0.281 e. The first-order chi connectivity index (χ1) is 9.83. The van der Waals surface area contributed by atoms with Crippen LogP contribution in [0.2, 0.25) is 0 Å². The number of hydrogen-bond acceptors (Lipinski definition) is 4. The molecule has 0 aliphatic carbocycles. The van der Waals surface area contributed by atoms with Gasteiger partial charge in [-0.3, -0.25) is 14.9 Å². The summed E-state index contributed by atoms with van der Waals surface area (Å²) in [5.74, 6) is 4.49. The van der Waals surface area contributed by atoms with E-state index in [1.807, 2.05) is 18.4 Å². The number of aryl methyl sites for hydroxylation is 2. The third-order valence-electron chi connectivity index (χ3n) is 2.92. The second-order valence-electron chi connectivity index (χ2n) is 4.62. The van der Waals surface area contributed by atoms with Crippen molar-refractivity contribution in [3.63, 3.8) is 0 Å². The standard InChI is InChI=1S/C13H16N4O3S/c1-9-4-3-5-10(6-9)16-21(19,20)11-7-12(13(18)15-14)17(2)8-11/h3-8,16H,14H2,1-2H3,(H,15,18). The van der Waals surface area contributed by atoms with E-state index in [4.69, 9.17) is 5.84 Å². The van der Waals surface area contributed by atoms with Crippen LogP contribution in [0.4, 0.5) is 5.69 Å². The number of carbonyl (C=O) groups is 1. The summed E-state index contributed by atoms with van der Waals surface area (Å²) in [5, 5.41) is 0. The summed E-state index contributed by atoms with van der Waals surface area (Å²) in [5.41, 5.74) is 3.52. The minimum absolute atomic E-state index is 0.00916. The van der Waals surface area contributed by atoms with Crippen LogP contribution in [-0.4, -0.2) is 18.9 Å². The molecule has 1 heterocycles. The van der Waals surface area contributed by atoms with Crippen molar-refractivity contribution in [3.05, 3.63) is 47.8 Å². The van der Waals surface area contributed by atoms with Gasteiger partial charge in [-0.2, -0.15) is 0 Å². The van der Waals surface area contributed by atoms with Crippen LogP contribution in [0.25, 0.3) is 0 Å². The van der Waals surface area contributed by atoms with E-state index < -0.39 is 15.9 Å². The van der Waals surface area contributed by atoms with Gasteiger partial charge in [0.25, 0.3) is 15.9 Å². The summed E-state index contributed by atoms with van der Waals surface area (Å²) in [4.78, 5) is 11.5. The number of aromatic nitrogens is 1. The van der Waals surface area contributed by atoms with Crippen molar-refractivity contribution in [2.45, 2.75) is 11.8 Å². The normalized spacial score (nSPS) is 11.2. The number of nitrogens with one attached hydrogen (secondary N) is 2. The summed E-state index contributed by atoms with van der Waals surface area (Å²) in [6.45, 7) is 1.87. The van der Waals surface area contributed by atoms with E-state index in [0.717, 1.165) is 5.56 Å². The van der Waals surface area contributed by atoms with Crippen LogP contribution in [0.1, 0.15) is 16.1 Å². The largest absolute Gasteiger partial charge is 0.345 e. The van der Waals surface area contributed by atoms with Gasteiger partial charge in [0, 0.05) is 18.9 Å². The quantitative estimate of drug-likeness (QED) is 0.440. The molecule has 2 aromatic rings. The first-order valence-electron chi connectivity index (χ1n) is 6.10. The van der Waals surface area contributed by atoms with Gasteiger partial charge >= 0.3 is 0 Å². The summed E-state index contributed by atoms with van der Waals surface area (Å²) >= 11 is 0. The molecule has 112 valence electrons. The molecule has 4 N–H and O–H groups in total. The monoisotopic (exact) mass is 308 g/mol. The van der Waals surface area contributed by atoms with E-state index in [1.54, 1.807) is 25.2 Å². The molecule has 0 unspecified atom stereocenters. The lowest BCUT2D eigenvalue weighted by molar-refractivity contribution is 0.0945. The maximum absolute atomic E-state index is 12.3. The van der Waals surface area contributed by atoms with Crippen LogP contribution in [0.3, 0.4) is 0 Å². The molecular formula is C13H16N4O3S. The van der Waals surface area contributed by atoms with Crippen LogP contribution >= 0.6 is 0 Å². The molecule has 1 aromatic carbocycles. The Hall–Kier alpha value is -2.32. The van der Waals surface area contributed by atoms with Crippen LogP contribution in [0, 0.1) is 6.92 Å². The third kappa shape index (κ3) is 3.23. The predicted molar refractivity (Wildman–Crippen MR) is 79.1 cm³/mol. The summed E-state index contributed by atoms with van der Waals surface area (Å²) in [6, 6.07) is 8.25. The highest BCUT2D eigenvalue weighted by Crippen LogP contribution is 2.19. The van der Waals surface area contributed by atoms with Gasteiger partial charge in [-0.1, -0.05) is 12.1 Å². The average molecular weight is 308 g/mol. The molecule has 8 heteroatoms. The third-order valence-corrected chi connectivity index (χ3v) is 4.27. The average Bonchev–Trinajstić information content (AvgIpc) is 2.80. The topological polar surface area (TPSA) is 106 Å². The van der Waals surface area contributed by atoms with Crippen molar-refractivity contribution in [2.75, 3.05) is 4.72 Å². The Balaban J connectivity index is 2.34. The Morgan fingerprint density at radius 2 is 2.00 bits per heavy atom. The van der Waals surface area contributed by atoms with Gasteiger partial charge in [-0.25, -0.2) is 14.3 Å². The van der Waals surface area contributed by atoms with Crippen molar-refractivity contribution in [3.8, 4) is 0 Å². The number of nitrogens with zero attached hydrogens (tertiary/aromatic N) is 1. The molecule has 0 saturated heterocycles. The zero-order valence-electron chi connectivity index (χ0n) is 11.6. The van der Waals surface area contributed by atoms with Crippen LogP contribution in [0.15, 0.2) is 41.4 Å². The van der Waals surface area contributed by atoms with E-state index in [0.29, 0.717) is 5.69 Å². The highest BCUT2D eigenvalue weighted by atomic mass is 32.2. The number of hydrazine groups is 1. The molecule has 2 rings (SSSR count). The van der Waals surface area contributed by atoms with Crippen molar-refractivity contribution in [1.82, 2.24) is 9.99 Å². The lowest BCUT2D eigenvalue weighted by Crippen LogP contribution is -2.31. The fraction of sp³-hybridized carbons (Fsp3) is 0.154. The summed E-state index contributed by atoms with van der Waals surface area (Å²) in [7, 11) is -2.20. The fourth-order valence-corrected chi connectivity index (χ4v) is 3.02. The molecule has 0 aliphatic rings. The zero-order chi connectivity index (χ0) is 15.6. The van der Waals surface area contributed by atoms with Crippen molar-refractivity contribution >= 4 is 21.6 Å². The lowest BCUT2D eigenvalue weighted by Gasteiger charge is -2.06. The first-order valence-corrected chi connectivity index (χ1v) is 7.58. The second kappa shape index (κ2) is 5.58. The molecule has 0 saturated carbocycles. The maximum atomic E-state index is 12.3. The molecule has 7 nitrogen and oxygen atoms in total. The van der Waals surface area contributed by atoms with E-state index in [-0.39, 0.29) is 10.6 Å². The van der Waals surface area contributed by atoms with Gasteiger partial charge in [0.2, 0.25) is 0 Å². The van der Waals surface area contributed by atoms with Gasteiger partial charge in [0.05, 0.1) is 0 Å². The molecule has 1 amide bonds.